The Hall–Kier alpha value is -9.26. The molecule has 0 fully saturated rings. The number of nitrogens with one attached hydrogen (secondary N) is 7. The minimum Gasteiger partial charge on any atom is -0.481 e. The van der Waals surface area contributed by atoms with Gasteiger partial charge in [-0.3, -0.25) is 24.0 Å². The van der Waals surface area contributed by atoms with E-state index in [1.807, 2.05) is 10.6 Å². The molecule has 0 saturated heterocycles. The quantitative estimate of drug-likeness (QED) is 0.0270. The first kappa shape index (κ1) is 56.1. The van der Waals surface area contributed by atoms with Crippen LogP contribution in [0, 0.1) is 0 Å². The second-order valence-corrected chi connectivity index (χ2v) is 15.5. The van der Waals surface area contributed by atoms with E-state index in [2.05, 4.69) is 36.6 Å². The van der Waals surface area contributed by atoms with Crippen LogP contribution in [0.5, 0.6) is 0 Å². The van der Waals surface area contributed by atoms with E-state index in [9.17, 15) is 73.2 Å². The van der Waals surface area contributed by atoms with Crippen molar-refractivity contribution in [3.05, 3.63) is 99.9 Å². The van der Waals surface area contributed by atoms with Crippen molar-refractivity contribution in [2.75, 3.05) is 10.6 Å². The summed E-state index contributed by atoms with van der Waals surface area (Å²) >= 11 is 0. The number of rotatable bonds is 29. The van der Waals surface area contributed by atoms with Gasteiger partial charge < -0.3 is 67.9 Å². The molecule has 13 N–H and O–H groups in total. The molecule has 2 unspecified atom stereocenters. The van der Waals surface area contributed by atoms with Gasteiger partial charge in [-0.05, 0) is 78.7 Å². The summed E-state index contributed by atoms with van der Waals surface area (Å²) in [5.74, 6) is -10.1. The Balaban J connectivity index is 1.61. The lowest BCUT2D eigenvalue weighted by Gasteiger charge is -2.19. The van der Waals surface area contributed by atoms with E-state index in [0.717, 1.165) is 0 Å². The molecule has 378 valence electrons. The third-order valence-corrected chi connectivity index (χ3v) is 10.1. The number of nitrogens with zero attached hydrogens (tertiary/aromatic N) is 3. The molecule has 0 radical (unpaired) electrons. The first-order valence-electron chi connectivity index (χ1n) is 21.3. The molecule has 27 heteroatoms. The Labute approximate surface area is 402 Å². The van der Waals surface area contributed by atoms with Gasteiger partial charge in [-0.25, -0.2) is 28.8 Å². The monoisotopic (exact) mass is 990 g/mol. The summed E-state index contributed by atoms with van der Waals surface area (Å²) in [7, 11) is 0. The number of carbonyl (C=O) groups excluding carboxylic acids is 5. The van der Waals surface area contributed by atoms with E-state index < -0.39 is 121 Å². The lowest BCUT2D eigenvalue weighted by molar-refractivity contribution is -0.142. The summed E-state index contributed by atoms with van der Waals surface area (Å²) in [6, 6.07) is 8.12. The lowest BCUT2D eigenvalue weighted by atomic mass is 10.0. The molecule has 27 nitrogen and oxygen atoms in total. The van der Waals surface area contributed by atoms with Crippen LogP contribution in [0.1, 0.15) is 72.9 Å². The molecule has 4 atom stereocenters. The molecule has 7 amide bonds. The van der Waals surface area contributed by atoms with Crippen LogP contribution in [0.15, 0.2) is 77.9 Å². The van der Waals surface area contributed by atoms with Crippen LogP contribution < -0.4 is 37.2 Å². The van der Waals surface area contributed by atoms with Crippen molar-refractivity contribution in [2.45, 2.75) is 94.4 Å². The molecular formula is C44H50N10O17. The van der Waals surface area contributed by atoms with Crippen LogP contribution in [0.2, 0.25) is 0 Å². The number of azide groups is 1. The Bertz CT molecular complexity index is 2350. The molecule has 0 spiro atoms. The summed E-state index contributed by atoms with van der Waals surface area (Å²) in [6.45, 7) is 0. The fourth-order valence-electron chi connectivity index (χ4n) is 6.43. The van der Waals surface area contributed by atoms with Gasteiger partial charge in [0.1, 0.15) is 24.2 Å². The van der Waals surface area contributed by atoms with Crippen LogP contribution in [-0.4, -0.2) is 126 Å². The highest BCUT2D eigenvalue weighted by molar-refractivity contribution is 5.95. The molecule has 3 aromatic rings. The van der Waals surface area contributed by atoms with E-state index in [0.29, 0.717) is 22.5 Å². The Kier molecular flexibility index (Phi) is 22.2. The van der Waals surface area contributed by atoms with E-state index in [-0.39, 0.29) is 49.8 Å². The minimum atomic E-state index is -1.59. The summed E-state index contributed by atoms with van der Waals surface area (Å²) in [6.07, 6.45) is -2.76. The number of hydrogen-bond donors (Lipinski definition) is 13. The number of aliphatic carboxylic acids is 6. The molecule has 0 heterocycles. The van der Waals surface area contributed by atoms with Crippen molar-refractivity contribution in [3.8, 4) is 0 Å². The summed E-state index contributed by atoms with van der Waals surface area (Å²) in [5.41, 5.74) is 10.5. The highest BCUT2D eigenvalue weighted by Crippen LogP contribution is 2.18. The van der Waals surface area contributed by atoms with Gasteiger partial charge in [-0.2, -0.15) is 0 Å². The number of benzene rings is 3. The van der Waals surface area contributed by atoms with Crippen LogP contribution in [0.25, 0.3) is 10.4 Å². The molecule has 0 aliphatic heterocycles. The molecule has 0 aliphatic carbocycles. The second-order valence-electron chi connectivity index (χ2n) is 15.5. The summed E-state index contributed by atoms with van der Waals surface area (Å²) in [5, 5.41) is 75.5. The fourth-order valence-corrected chi connectivity index (χ4v) is 6.43. The van der Waals surface area contributed by atoms with Crippen LogP contribution in [-0.2, 0) is 51.2 Å². The molecular weight excluding hydrogens is 941 g/mol. The van der Waals surface area contributed by atoms with Crippen LogP contribution in [0.3, 0.4) is 0 Å². The maximum Gasteiger partial charge on any atom is 0.326 e. The molecule has 3 aromatic carbocycles. The Morgan fingerprint density at radius 2 is 0.831 bits per heavy atom. The predicted molar refractivity (Wildman–Crippen MR) is 245 cm³/mol. The lowest BCUT2D eigenvalue weighted by Crippen LogP contribution is -2.51. The van der Waals surface area contributed by atoms with Crippen molar-refractivity contribution < 1.29 is 83.4 Å². The van der Waals surface area contributed by atoms with Gasteiger partial charge in [0.25, 0.3) is 5.91 Å². The summed E-state index contributed by atoms with van der Waals surface area (Å²) < 4.78 is 0. The number of carbonyl (C=O) groups is 11. The molecule has 0 aliphatic rings. The zero-order valence-corrected chi connectivity index (χ0v) is 37.4. The van der Waals surface area contributed by atoms with Crippen LogP contribution >= 0.6 is 0 Å². The van der Waals surface area contributed by atoms with Crippen molar-refractivity contribution in [1.29, 1.82) is 0 Å². The van der Waals surface area contributed by atoms with Crippen molar-refractivity contribution in [2.24, 2.45) is 5.11 Å². The largest absolute Gasteiger partial charge is 0.481 e. The van der Waals surface area contributed by atoms with Gasteiger partial charge in [0.05, 0.1) is 0 Å². The third-order valence-electron chi connectivity index (χ3n) is 10.1. The molecule has 71 heavy (non-hydrogen) atoms. The number of amides is 7. The number of carboxylic acid groups (broad SMARTS) is 6. The molecule has 3 rings (SSSR count). The third kappa shape index (κ3) is 21.1. The van der Waals surface area contributed by atoms with Crippen molar-refractivity contribution in [1.82, 2.24) is 26.6 Å². The first-order valence-corrected chi connectivity index (χ1v) is 21.3. The van der Waals surface area contributed by atoms with Gasteiger partial charge in [0.2, 0.25) is 11.8 Å². The zero-order chi connectivity index (χ0) is 52.6. The van der Waals surface area contributed by atoms with Gasteiger partial charge in [-0.15, -0.1) is 0 Å². The average Bonchev–Trinajstić information content (AvgIpc) is 3.30. The van der Waals surface area contributed by atoms with Gasteiger partial charge >= 0.3 is 47.9 Å². The zero-order valence-electron chi connectivity index (χ0n) is 37.4. The van der Waals surface area contributed by atoms with E-state index in [1.54, 1.807) is 0 Å². The van der Waals surface area contributed by atoms with Gasteiger partial charge in [-0.1, -0.05) is 41.5 Å². The first-order chi connectivity index (χ1) is 33.6. The number of urea groups is 2. The van der Waals surface area contributed by atoms with E-state index in [4.69, 9.17) is 15.7 Å². The smallest absolute Gasteiger partial charge is 0.326 e. The van der Waals surface area contributed by atoms with Crippen molar-refractivity contribution in [3.63, 3.8) is 0 Å². The predicted octanol–water partition coefficient (Wildman–Crippen LogP) is 2.79. The highest BCUT2D eigenvalue weighted by Gasteiger charge is 2.27. The van der Waals surface area contributed by atoms with Crippen LogP contribution in [0.4, 0.5) is 26.7 Å². The second kappa shape index (κ2) is 28.2. The van der Waals surface area contributed by atoms with E-state index in [1.165, 1.54) is 72.8 Å². The van der Waals surface area contributed by atoms with Gasteiger partial charge in [0.15, 0.2) is 0 Å². The normalized spacial score (nSPS) is 12.6. The van der Waals surface area contributed by atoms with Gasteiger partial charge in [0, 0.05) is 72.1 Å². The number of hydrogen-bond acceptors (Lipinski definition) is 12. The number of anilines is 2. The number of carboxylic acids is 6. The average molecular weight is 991 g/mol. The fraction of sp³-hybridized carbons (Fsp3) is 0.341. The topological polar surface area (TPSA) is 442 Å². The summed E-state index contributed by atoms with van der Waals surface area (Å²) in [4.78, 5) is 135. The SMILES string of the molecule is [N-]=[N+]=Nc1ccc(C(=O)NC(CCC(=O)Nc2ccc(CC(NC(=O)N[C@@H](CCC(=O)O)C(=O)O)C(=O)O)cc2)CCC(=O)Nc2ccc(CC(NC(=O)N[C@@H](CCC(=O)O)C(=O)O)C(=O)O)cc2)cc1. The molecule has 0 bridgehead atoms. The Morgan fingerprint density at radius 3 is 1.17 bits per heavy atom. The van der Waals surface area contributed by atoms with E-state index >= 15 is 0 Å². The standard InChI is InChI=1S/C44H50N10O17/c45-54-53-29-11-5-25(6-12-29)38(61)48-28(13-17-34(55)46-26-7-1-23(2-8-26)21-32(41(66)67)51-43(70)49-30(39(62)63)15-19-36(57)58)14-18-35(56)47-27-9-3-24(4-10-27)22-33(42(68)69)52-44(71)50-31(40(64)65)16-20-37(59)60/h1-12,28,30-33H,13-22H2,(H,46,55)(H,47,56)(H,48,61)(H,57,58)(H,59,60)(H,62,63)(H,64,65)(H,66,67)(H,68,69)(H2,49,51,70)(H2,50,52,71)/t28?,30-,31-,32?,33?/m0/s1. The minimum absolute atomic E-state index is 0.0393. The molecule has 0 saturated carbocycles. The maximum atomic E-state index is 13.2. The van der Waals surface area contributed by atoms with Crippen molar-refractivity contribution >= 4 is 82.7 Å². The molecule has 0 aromatic heterocycles. The highest BCUT2D eigenvalue weighted by atomic mass is 16.4. The Morgan fingerprint density at radius 1 is 0.465 bits per heavy atom. The maximum absolute atomic E-state index is 13.2.